The molecule has 0 radical (unpaired) electrons. The second-order valence-corrected chi connectivity index (χ2v) is 6.38. The van der Waals surface area contributed by atoms with Crippen molar-refractivity contribution in [2.45, 2.75) is 0 Å². The Bertz CT molecular complexity index is 790. The number of carbonyl (C=O) groups is 1. The maximum Gasteiger partial charge on any atom is 0.264 e. The molecule has 1 heterocycles. The molecular formula is C16H10BrFN2OS. The van der Waals surface area contributed by atoms with Gasteiger partial charge in [-0.25, -0.2) is 9.38 Å². The van der Waals surface area contributed by atoms with Crippen LogP contribution >= 0.6 is 27.7 Å². The highest BCUT2D eigenvalue weighted by Crippen LogP contribution is 2.28. The van der Waals surface area contributed by atoms with Gasteiger partial charge in [0.15, 0.2) is 5.17 Å². The molecule has 0 aromatic heterocycles. The third kappa shape index (κ3) is 3.45. The molecule has 0 spiro atoms. The molecule has 110 valence electrons. The van der Waals surface area contributed by atoms with Gasteiger partial charge in [0, 0.05) is 0 Å². The lowest BCUT2D eigenvalue weighted by molar-refractivity contribution is -0.115. The monoisotopic (exact) mass is 376 g/mol. The van der Waals surface area contributed by atoms with Gasteiger partial charge in [-0.3, -0.25) is 4.79 Å². The molecule has 0 unspecified atom stereocenters. The van der Waals surface area contributed by atoms with Crippen LogP contribution in [0.15, 0.2) is 62.9 Å². The van der Waals surface area contributed by atoms with Crippen molar-refractivity contribution in [3.05, 3.63) is 69.3 Å². The van der Waals surface area contributed by atoms with Crippen LogP contribution in [0.25, 0.3) is 6.08 Å². The number of rotatable bonds is 2. The number of thioether (sulfide) groups is 1. The van der Waals surface area contributed by atoms with Crippen LogP contribution in [0.2, 0.25) is 0 Å². The topological polar surface area (TPSA) is 41.5 Å². The van der Waals surface area contributed by atoms with Gasteiger partial charge in [0.25, 0.3) is 5.91 Å². The first-order chi connectivity index (χ1) is 10.6. The first-order valence-electron chi connectivity index (χ1n) is 6.41. The SMILES string of the molecule is O=C1NC(=Nc2ccccc2)S/C1=C/c1ccc(F)c(Br)c1. The van der Waals surface area contributed by atoms with E-state index >= 15 is 0 Å². The molecule has 3 nitrogen and oxygen atoms in total. The van der Waals surface area contributed by atoms with Crippen LogP contribution in [-0.4, -0.2) is 11.1 Å². The van der Waals surface area contributed by atoms with E-state index in [-0.39, 0.29) is 11.7 Å². The Kier molecular flexibility index (Phi) is 4.40. The number of benzene rings is 2. The van der Waals surface area contributed by atoms with Crippen molar-refractivity contribution in [3.63, 3.8) is 0 Å². The summed E-state index contributed by atoms with van der Waals surface area (Å²) in [6.45, 7) is 0. The quantitative estimate of drug-likeness (QED) is 0.785. The Hall–Kier alpha value is -1.92. The van der Waals surface area contributed by atoms with Crippen LogP contribution in [0.1, 0.15) is 5.56 Å². The number of halogens is 2. The lowest BCUT2D eigenvalue weighted by Gasteiger charge is -1.97. The van der Waals surface area contributed by atoms with E-state index in [0.29, 0.717) is 14.5 Å². The number of hydrogen-bond acceptors (Lipinski definition) is 3. The first kappa shape index (κ1) is 15.0. The maximum atomic E-state index is 13.2. The zero-order chi connectivity index (χ0) is 15.5. The van der Waals surface area contributed by atoms with Crippen LogP contribution in [0.3, 0.4) is 0 Å². The van der Waals surface area contributed by atoms with Gasteiger partial charge in [-0.05, 0) is 63.6 Å². The van der Waals surface area contributed by atoms with Crippen molar-refractivity contribution in [1.29, 1.82) is 0 Å². The summed E-state index contributed by atoms with van der Waals surface area (Å²) in [5.41, 5.74) is 1.52. The Morgan fingerprint density at radius 3 is 2.68 bits per heavy atom. The molecule has 6 heteroatoms. The molecule has 1 saturated heterocycles. The van der Waals surface area contributed by atoms with Gasteiger partial charge in [-0.15, -0.1) is 0 Å². The van der Waals surface area contributed by atoms with Crippen LogP contribution in [0.5, 0.6) is 0 Å². The molecule has 2 aromatic carbocycles. The van der Waals surface area contributed by atoms with Crippen molar-refractivity contribution in [2.24, 2.45) is 4.99 Å². The number of para-hydroxylation sites is 1. The van der Waals surface area contributed by atoms with Crippen molar-refractivity contribution in [2.75, 3.05) is 0 Å². The molecule has 1 aliphatic rings. The molecule has 22 heavy (non-hydrogen) atoms. The number of carbonyl (C=O) groups excluding carboxylic acids is 1. The summed E-state index contributed by atoms with van der Waals surface area (Å²) in [5.74, 6) is -0.544. The molecule has 0 aliphatic carbocycles. The van der Waals surface area contributed by atoms with Gasteiger partial charge in [0.2, 0.25) is 0 Å². The molecule has 0 saturated carbocycles. The highest BCUT2D eigenvalue weighted by molar-refractivity contribution is 9.10. The van der Waals surface area contributed by atoms with E-state index in [1.54, 1.807) is 18.2 Å². The standard InChI is InChI=1S/C16H10BrFN2OS/c17-12-8-10(6-7-13(12)18)9-14-15(21)20-16(22-14)19-11-4-2-1-3-5-11/h1-9H,(H,19,20,21)/b14-9+. The lowest BCUT2D eigenvalue weighted by Crippen LogP contribution is -2.19. The van der Waals surface area contributed by atoms with Gasteiger partial charge in [0.1, 0.15) is 5.82 Å². The number of aliphatic imine (C=N–C) groups is 1. The van der Waals surface area contributed by atoms with Crippen molar-refractivity contribution in [1.82, 2.24) is 5.32 Å². The van der Waals surface area contributed by atoms with Crippen LogP contribution in [0.4, 0.5) is 10.1 Å². The Morgan fingerprint density at radius 1 is 1.18 bits per heavy atom. The van der Waals surface area contributed by atoms with Gasteiger partial charge in [-0.2, -0.15) is 0 Å². The lowest BCUT2D eigenvalue weighted by atomic mass is 10.2. The summed E-state index contributed by atoms with van der Waals surface area (Å²) >= 11 is 4.39. The average Bonchev–Trinajstić information content (AvgIpc) is 2.84. The van der Waals surface area contributed by atoms with Gasteiger partial charge in [-0.1, -0.05) is 24.3 Å². The van der Waals surface area contributed by atoms with Gasteiger partial charge >= 0.3 is 0 Å². The van der Waals surface area contributed by atoms with Crippen LogP contribution in [0, 0.1) is 5.82 Å². The second-order valence-electron chi connectivity index (χ2n) is 4.49. The highest BCUT2D eigenvalue weighted by Gasteiger charge is 2.23. The molecule has 3 rings (SSSR count). The molecule has 1 N–H and O–H groups in total. The minimum absolute atomic E-state index is 0.208. The fourth-order valence-corrected chi connectivity index (χ4v) is 3.09. The summed E-state index contributed by atoms with van der Waals surface area (Å²) in [6.07, 6.45) is 1.71. The smallest absolute Gasteiger partial charge is 0.264 e. The van der Waals surface area contributed by atoms with Crippen LogP contribution < -0.4 is 5.32 Å². The van der Waals surface area contributed by atoms with E-state index in [4.69, 9.17) is 0 Å². The summed E-state index contributed by atoms with van der Waals surface area (Å²) < 4.78 is 13.6. The number of amidine groups is 1. The molecule has 1 amide bonds. The largest absolute Gasteiger partial charge is 0.300 e. The van der Waals surface area contributed by atoms with E-state index in [1.165, 1.54) is 17.8 Å². The molecule has 0 bridgehead atoms. The summed E-state index contributed by atoms with van der Waals surface area (Å²) in [6, 6.07) is 14.0. The number of hydrogen-bond donors (Lipinski definition) is 1. The van der Waals surface area contributed by atoms with Gasteiger partial charge < -0.3 is 5.32 Å². The summed E-state index contributed by atoms with van der Waals surface area (Å²) in [5, 5.41) is 3.25. The fourth-order valence-electron chi connectivity index (χ4n) is 1.85. The average molecular weight is 377 g/mol. The molecular weight excluding hydrogens is 367 g/mol. The molecule has 1 aliphatic heterocycles. The number of nitrogens with one attached hydrogen (secondary N) is 1. The second kappa shape index (κ2) is 6.46. The summed E-state index contributed by atoms with van der Waals surface area (Å²) in [7, 11) is 0. The normalized spacial score (nSPS) is 18.0. The fraction of sp³-hybridized carbons (Fsp3) is 0. The Morgan fingerprint density at radius 2 is 1.95 bits per heavy atom. The van der Waals surface area contributed by atoms with E-state index in [1.807, 2.05) is 30.3 Å². The van der Waals surface area contributed by atoms with E-state index in [0.717, 1.165) is 11.3 Å². The molecule has 2 aromatic rings. The van der Waals surface area contributed by atoms with E-state index in [9.17, 15) is 9.18 Å². The third-order valence-corrected chi connectivity index (χ3v) is 4.40. The number of nitrogens with zero attached hydrogens (tertiary/aromatic N) is 1. The predicted molar refractivity (Wildman–Crippen MR) is 91.3 cm³/mol. The summed E-state index contributed by atoms with van der Waals surface area (Å²) in [4.78, 5) is 16.9. The zero-order valence-corrected chi connectivity index (χ0v) is 13.6. The van der Waals surface area contributed by atoms with Crippen molar-refractivity contribution in [3.8, 4) is 0 Å². The molecule has 1 fully saturated rings. The zero-order valence-electron chi connectivity index (χ0n) is 11.2. The first-order valence-corrected chi connectivity index (χ1v) is 8.02. The van der Waals surface area contributed by atoms with Crippen molar-refractivity contribution >= 4 is 50.5 Å². The minimum Gasteiger partial charge on any atom is -0.300 e. The van der Waals surface area contributed by atoms with E-state index < -0.39 is 0 Å². The third-order valence-electron chi connectivity index (χ3n) is 2.88. The maximum absolute atomic E-state index is 13.2. The van der Waals surface area contributed by atoms with Gasteiger partial charge in [0.05, 0.1) is 15.1 Å². The predicted octanol–water partition coefficient (Wildman–Crippen LogP) is 4.48. The van der Waals surface area contributed by atoms with Crippen molar-refractivity contribution < 1.29 is 9.18 Å². The minimum atomic E-state index is -0.336. The number of amides is 1. The Labute approximate surface area is 139 Å². The van der Waals surface area contributed by atoms with E-state index in [2.05, 4.69) is 26.2 Å². The Balaban J connectivity index is 1.84. The van der Waals surface area contributed by atoms with Crippen LogP contribution in [-0.2, 0) is 4.79 Å². The molecule has 0 atom stereocenters. The highest BCUT2D eigenvalue weighted by atomic mass is 79.9.